The fraction of sp³-hybridized carbons (Fsp3) is 0.783. The molecule has 0 atom stereocenters. The van der Waals surface area contributed by atoms with Gasteiger partial charge in [-0.1, -0.05) is 56.8 Å². The minimum Gasteiger partial charge on any atom is -0.481 e. The van der Waals surface area contributed by atoms with Crippen molar-refractivity contribution in [2.45, 2.75) is 94.2 Å². The Kier molecular flexibility index (Phi) is 9.96. The summed E-state index contributed by atoms with van der Waals surface area (Å²) in [6.07, 6.45) is 15.5. The third-order valence-corrected chi connectivity index (χ3v) is 8.97. The van der Waals surface area contributed by atoms with Gasteiger partial charge in [0.2, 0.25) is 0 Å². The summed E-state index contributed by atoms with van der Waals surface area (Å²) < 4.78 is 0.939. The van der Waals surface area contributed by atoms with Crippen LogP contribution in [0, 0.1) is 11.8 Å². The number of aliphatic carboxylic acids is 1. The molecule has 174 valence electrons. The molecule has 1 aromatic heterocycles. The van der Waals surface area contributed by atoms with E-state index < -0.39 is 5.97 Å². The topological polar surface area (TPSA) is 82.5 Å². The van der Waals surface area contributed by atoms with E-state index in [9.17, 15) is 9.59 Å². The summed E-state index contributed by atoms with van der Waals surface area (Å²) >= 11 is 2.90. The number of nitrogens with one attached hydrogen (secondary N) is 1. The number of thiazole rings is 1. The molecule has 2 aliphatic carbocycles. The molecule has 2 saturated carbocycles. The molecular formula is C23H37N3O3S2. The maximum absolute atomic E-state index is 13.2. The standard InChI is InChI=1S/C23H37N3O3S2/c1-2-17-8-10-19(11-9-17)26(14-12-18-6-4-3-5-7-18)23(29)25-22-24-16-21(31-22)30-15-13-20(27)28/h16-19H,2-15H2,1H3,(H,27,28)(H,24,25,29)/t17-,19-. The van der Waals surface area contributed by atoms with Crippen LogP contribution in [0.25, 0.3) is 0 Å². The van der Waals surface area contributed by atoms with Crippen molar-refractivity contribution in [3.8, 4) is 0 Å². The van der Waals surface area contributed by atoms with Gasteiger partial charge < -0.3 is 10.0 Å². The van der Waals surface area contributed by atoms with E-state index in [1.54, 1.807) is 6.20 Å². The monoisotopic (exact) mass is 467 g/mol. The quantitative estimate of drug-likeness (QED) is 0.385. The van der Waals surface area contributed by atoms with E-state index in [0.717, 1.165) is 41.9 Å². The molecule has 0 spiro atoms. The zero-order valence-corrected chi connectivity index (χ0v) is 20.3. The predicted octanol–water partition coefficient (Wildman–Crippen LogP) is 6.48. The van der Waals surface area contributed by atoms with Gasteiger partial charge in [0, 0.05) is 18.3 Å². The normalized spacial score (nSPS) is 22.2. The summed E-state index contributed by atoms with van der Waals surface area (Å²) in [7, 11) is 0. The number of hydrogen-bond acceptors (Lipinski definition) is 5. The Hall–Kier alpha value is -1.28. The Balaban J connectivity index is 1.57. The van der Waals surface area contributed by atoms with Crippen LogP contribution in [0.1, 0.15) is 84.0 Å². The highest BCUT2D eigenvalue weighted by Gasteiger charge is 2.29. The Morgan fingerprint density at radius 2 is 1.90 bits per heavy atom. The average Bonchev–Trinajstić information content (AvgIpc) is 3.22. The van der Waals surface area contributed by atoms with Crippen LogP contribution in [-0.4, -0.2) is 45.3 Å². The van der Waals surface area contributed by atoms with Gasteiger partial charge >= 0.3 is 12.0 Å². The zero-order valence-electron chi connectivity index (χ0n) is 18.7. The number of carbonyl (C=O) groups is 2. The van der Waals surface area contributed by atoms with Gasteiger partial charge in [-0.05, 0) is 43.9 Å². The van der Waals surface area contributed by atoms with E-state index in [4.69, 9.17) is 5.11 Å². The third-order valence-electron chi connectivity index (χ3n) is 6.86. The van der Waals surface area contributed by atoms with Gasteiger partial charge in [-0.25, -0.2) is 9.78 Å². The number of amides is 2. The number of aromatic nitrogens is 1. The number of hydrogen-bond donors (Lipinski definition) is 2. The molecule has 2 aliphatic rings. The Morgan fingerprint density at radius 3 is 2.58 bits per heavy atom. The molecule has 0 aliphatic heterocycles. The summed E-state index contributed by atoms with van der Waals surface area (Å²) in [5.74, 6) is 1.29. The van der Waals surface area contributed by atoms with Crippen molar-refractivity contribution in [2.24, 2.45) is 11.8 Å². The summed E-state index contributed by atoms with van der Waals surface area (Å²) in [6.45, 7) is 3.11. The second-order valence-electron chi connectivity index (χ2n) is 8.98. The van der Waals surface area contributed by atoms with Gasteiger partial charge in [0.05, 0.1) is 16.8 Å². The van der Waals surface area contributed by atoms with Gasteiger partial charge in [-0.15, -0.1) is 11.8 Å². The Morgan fingerprint density at radius 1 is 1.16 bits per heavy atom. The largest absolute Gasteiger partial charge is 0.481 e. The summed E-state index contributed by atoms with van der Waals surface area (Å²) in [5, 5.41) is 12.4. The number of anilines is 1. The number of carboxylic acids is 1. The van der Waals surface area contributed by atoms with E-state index in [1.165, 1.54) is 74.5 Å². The van der Waals surface area contributed by atoms with Crippen molar-refractivity contribution in [2.75, 3.05) is 17.6 Å². The van der Waals surface area contributed by atoms with Gasteiger partial charge in [0.15, 0.2) is 5.13 Å². The SMILES string of the molecule is CC[C@H]1CC[C@H](N(CCC2CCCCC2)C(=O)Nc2ncc(SCCC(=O)O)s2)CC1. The molecule has 2 N–H and O–H groups in total. The molecule has 0 bridgehead atoms. The van der Waals surface area contributed by atoms with E-state index in [1.807, 2.05) is 0 Å². The summed E-state index contributed by atoms with van der Waals surface area (Å²) in [5.41, 5.74) is 0. The number of rotatable bonds is 10. The number of urea groups is 1. The van der Waals surface area contributed by atoms with Crippen molar-refractivity contribution in [1.29, 1.82) is 0 Å². The molecule has 6 nitrogen and oxygen atoms in total. The third kappa shape index (κ3) is 7.97. The first-order chi connectivity index (χ1) is 15.0. The van der Waals surface area contributed by atoms with Crippen LogP contribution in [0.3, 0.4) is 0 Å². The van der Waals surface area contributed by atoms with E-state index >= 15 is 0 Å². The first kappa shape index (κ1) is 24.4. The number of carboxylic acid groups (broad SMARTS) is 1. The fourth-order valence-corrected chi connectivity index (χ4v) is 6.77. The molecule has 0 aromatic carbocycles. The fourth-order valence-electron chi connectivity index (χ4n) is 4.90. The zero-order chi connectivity index (χ0) is 22.1. The molecule has 0 unspecified atom stereocenters. The van der Waals surface area contributed by atoms with Crippen LogP contribution >= 0.6 is 23.1 Å². The first-order valence-electron chi connectivity index (χ1n) is 11.9. The van der Waals surface area contributed by atoms with E-state index in [2.05, 4.69) is 22.1 Å². The van der Waals surface area contributed by atoms with Crippen LogP contribution in [0.2, 0.25) is 0 Å². The smallest absolute Gasteiger partial charge is 0.323 e. The van der Waals surface area contributed by atoms with E-state index in [0.29, 0.717) is 16.9 Å². The molecule has 2 fully saturated rings. The van der Waals surface area contributed by atoms with Gasteiger partial charge in [0.1, 0.15) is 0 Å². The molecule has 0 saturated heterocycles. The van der Waals surface area contributed by atoms with Crippen molar-refractivity contribution >= 4 is 40.2 Å². The minimum absolute atomic E-state index is 0.0211. The molecule has 1 aromatic rings. The lowest BCUT2D eigenvalue weighted by atomic mass is 9.83. The lowest BCUT2D eigenvalue weighted by molar-refractivity contribution is -0.136. The van der Waals surface area contributed by atoms with Crippen molar-refractivity contribution < 1.29 is 14.7 Å². The van der Waals surface area contributed by atoms with Gasteiger partial charge in [-0.2, -0.15) is 0 Å². The van der Waals surface area contributed by atoms with Gasteiger partial charge in [0.25, 0.3) is 0 Å². The number of nitrogens with zero attached hydrogens (tertiary/aromatic N) is 2. The average molecular weight is 468 g/mol. The molecule has 1 heterocycles. The highest BCUT2D eigenvalue weighted by atomic mass is 32.2. The highest BCUT2D eigenvalue weighted by Crippen LogP contribution is 2.33. The Bertz CT molecular complexity index is 698. The van der Waals surface area contributed by atoms with Crippen molar-refractivity contribution in [1.82, 2.24) is 9.88 Å². The van der Waals surface area contributed by atoms with Crippen LogP contribution in [-0.2, 0) is 4.79 Å². The lowest BCUT2D eigenvalue weighted by Gasteiger charge is -2.37. The maximum Gasteiger partial charge on any atom is 0.323 e. The van der Waals surface area contributed by atoms with Crippen LogP contribution in [0.5, 0.6) is 0 Å². The molecule has 8 heteroatoms. The molecule has 31 heavy (non-hydrogen) atoms. The van der Waals surface area contributed by atoms with Crippen LogP contribution < -0.4 is 5.32 Å². The first-order valence-corrected chi connectivity index (χ1v) is 13.7. The molecular weight excluding hydrogens is 430 g/mol. The second kappa shape index (κ2) is 12.7. The van der Waals surface area contributed by atoms with Crippen molar-refractivity contribution in [3.63, 3.8) is 0 Å². The summed E-state index contributed by atoms with van der Waals surface area (Å²) in [4.78, 5) is 30.4. The summed E-state index contributed by atoms with van der Waals surface area (Å²) in [6, 6.07) is 0.308. The number of thioether (sulfide) groups is 1. The Labute approximate surface area is 194 Å². The number of carbonyl (C=O) groups excluding carboxylic acids is 1. The van der Waals surface area contributed by atoms with Crippen molar-refractivity contribution in [3.05, 3.63) is 6.20 Å². The highest BCUT2D eigenvalue weighted by molar-refractivity contribution is 8.01. The van der Waals surface area contributed by atoms with Crippen LogP contribution in [0.15, 0.2) is 10.4 Å². The minimum atomic E-state index is -0.794. The lowest BCUT2D eigenvalue weighted by Crippen LogP contribution is -2.45. The van der Waals surface area contributed by atoms with Gasteiger partial charge in [-0.3, -0.25) is 10.1 Å². The predicted molar refractivity (Wildman–Crippen MR) is 128 cm³/mol. The molecule has 2 amide bonds. The molecule has 0 radical (unpaired) electrons. The van der Waals surface area contributed by atoms with Crippen LogP contribution in [0.4, 0.5) is 9.93 Å². The van der Waals surface area contributed by atoms with E-state index in [-0.39, 0.29) is 12.5 Å². The molecule has 3 rings (SSSR count). The maximum atomic E-state index is 13.2. The second-order valence-corrected chi connectivity index (χ2v) is 11.4.